The Morgan fingerprint density at radius 3 is 2.33 bits per heavy atom. The molecule has 0 saturated carbocycles. The Morgan fingerprint density at radius 2 is 1.63 bits per heavy atom. The summed E-state index contributed by atoms with van der Waals surface area (Å²) in [5.41, 5.74) is 3.59. The molecular formula is C39H43N7O6. The summed E-state index contributed by atoms with van der Waals surface area (Å²) in [6, 6.07) is 19.2. The molecule has 0 spiro atoms. The highest BCUT2D eigenvalue weighted by atomic mass is 16.5. The number of fused-ring (bicyclic) bond motifs is 1. The highest BCUT2D eigenvalue weighted by molar-refractivity contribution is 6.07. The van der Waals surface area contributed by atoms with Gasteiger partial charge in [0.05, 0.1) is 30.2 Å². The van der Waals surface area contributed by atoms with Gasteiger partial charge in [0.15, 0.2) is 0 Å². The van der Waals surface area contributed by atoms with Crippen LogP contribution >= 0.6 is 0 Å². The maximum Gasteiger partial charge on any atom is 0.250 e. The number of aliphatic hydroxyl groups excluding tert-OH is 2. The molecule has 0 bridgehead atoms. The van der Waals surface area contributed by atoms with Crippen LogP contribution in [0.5, 0.6) is 11.5 Å². The van der Waals surface area contributed by atoms with Crippen LogP contribution in [0.4, 0.5) is 0 Å². The highest BCUT2D eigenvalue weighted by Gasteiger charge is 2.51. The summed E-state index contributed by atoms with van der Waals surface area (Å²) in [4.78, 5) is 36.2. The molecule has 2 saturated heterocycles. The van der Waals surface area contributed by atoms with Gasteiger partial charge in [-0.2, -0.15) is 5.10 Å². The molecule has 7 rings (SSSR count). The number of aliphatic hydroxyl groups is 2. The van der Waals surface area contributed by atoms with Crippen molar-refractivity contribution in [2.45, 2.75) is 63.6 Å². The van der Waals surface area contributed by atoms with Crippen LogP contribution in [0.2, 0.25) is 0 Å². The molecule has 4 heterocycles. The van der Waals surface area contributed by atoms with Crippen molar-refractivity contribution in [2.75, 3.05) is 13.2 Å². The predicted molar refractivity (Wildman–Crippen MR) is 191 cm³/mol. The summed E-state index contributed by atoms with van der Waals surface area (Å²) in [6.45, 7) is 5.82. The Morgan fingerprint density at radius 1 is 0.923 bits per heavy atom. The third-order valence-corrected chi connectivity index (χ3v) is 9.94. The van der Waals surface area contributed by atoms with Gasteiger partial charge in [-0.05, 0) is 78.9 Å². The summed E-state index contributed by atoms with van der Waals surface area (Å²) in [5.74, 6) is 0.208. The van der Waals surface area contributed by atoms with Crippen molar-refractivity contribution in [3.8, 4) is 17.4 Å². The molecule has 2 aromatic carbocycles. The fourth-order valence-electron chi connectivity index (χ4n) is 6.88. The first kappa shape index (κ1) is 35.1. The number of benzene rings is 2. The molecule has 4 aromatic rings. The van der Waals surface area contributed by atoms with Gasteiger partial charge < -0.3 is 25.0 Å². The summed E-state index contributed by atoms with van der Waals surface area (Å²) in [7, 11) is 0. The van der Waals surface area contributed by atoms with Crippen molar-refractivity contribution >= 4 is 11.8 Å². The first-order valence-electron chi connectivity index (χ1n) is 17.6. The lowest BCUT2D eigenvalue weighted by Crippen LogP contribution is -2.58. The van der Waals surface area contributed by atoms with Crippen molar-refractivity contribution < 1.29 is 29.3 Å². The van der Waals surface area contributed by atoms with E-state index in [4.69, 9.17) is 9.47 Å². The summed E-state index contributed by atoms with van der Waals surface area (Å²) < 4.78 is 13.6. The monoisotopic (exact) mass is 705 g/mol. The SMILES string of the molecule is CC(C)(c1ccc(OCCCNC2=CC3C(=O)N(C4CCC(O)NC4O)C(=O)C3C=C2)cc1)c1ccc(OCc2ccnc(-n3cccn3)n2)cc1. The van der Waals surface area contributed by atoms with Crippen LogP contribution in [0.3, 0.4) is 0 Å². The number of likely N-dealkylation sites (tertiary alicyclic amines) is 1. The average Bonchev–Trinajstić information content (AvgIpc) is 3.78. The second-order valence-corrected chi connectivity index (χ2v) is 13.7. The topological polar surface area (TPSA) is 164 Å². The number of rotatable bonds is 13. The normalized spacial score (nSPS) is 23.0. The molecule has 2 fully saturated rings. The van der Waals surface area contributed by atoms with Gasteiger partial charge in [0, 0.05) is 36.2 Å². The van der Waals surface area contributed by atoms with Crippen LogP contribution in [-0.4, -0.2) is 78.3 Å². The standard InChI is InChI=1S/C39H43N7O6/c1-39(2,26-7-12-30(13-8-26)52-24-28-17-20-41-38(43-28)45-21-3-19-42-45)25-5-10-29(11-6-25)51-22-4-18-40-27-9-14-31-32(23-27)37(50)46(36(31)49)33-15-16-34(47)44-35(33)48/h3,5-14,17,19-21,23,31-35,40,44,47-48H,4,15-16,18,22,24H2,1-2H3. The van der Waals surface area contributed by atoms with Crippen LogP contribution in [0.1, 0.15) is 49.9 Å². The Kier molecular flexibility index (Phi) is 10.2. The van der Waals surface area contributed by atoms with Crippen LogP contribution in [-0.2, 0) is 21.6 Å². The van der Waals surface area contributed by atoms with E-state index in [1.165, 1.54) is 4.90 Å². The van der Waals surface area contributed by atoms with Crippen molar-refractivity contribution in [1.82, 2.24) is 35.3 Å². The predicted octanol–water partition coefficient (Wildman–Crippen LogP) is 3.37. The average molecular weight is 706 g/mol. The minimum atomic E-state index is -1.16. The van der Waals surface area contributed by atoms with E-state index in [2.05, 4.69) is 63.8 Å². The summed E-state index contributed by atoms with van der Waals surface area (Å²) in [5, 5.41) is 30.2. The fourth-order valence-corrected chi connectivity index (χ4v) is 6.88. The minimum Gasteiger partial charge on any atom is -0.494 e. The molecule has 5 unspecified atom stereocenters. The number of imide groups is 1. The number of aromatic nitrogens is 4. The zero-order valence-electron chi connectivity index (χ0n) is 29.1. The van der Waals surface area contributed by atoms with Crippen LogP contribution in [0.15, 0.2) is 103 Å². The van der Waals surface area contributed by atoms with E-state index in [9.17, 15) is 19.8 Å². The van der Waals surface area contributed by atoms with Crippen molar-refractivity contribution in [2.24, 2.45) is 11.8 Å². The first-order valence-corrected chi connectivity index (χ1v) is 17.6. The van der Waals surface area contributed by atoms with Crippen LogP contribution < -0.4 is 20.1 Å². The zero-order chi connectivity index (χ0) is 36.2. The number of ether oxygens (including phenoxy) is 2. The summed E-state index contributed by atoms with van der Waals surface area (Å²) >= 11 is 0. The van der Waals surface area contributed by atoms with Gasteiger partial charge >= 0.3 is 0 Å². The van der Waals surface area contributed by atoms with E-state index in [-0.39, 0.29) is 17.2 Å². The molecule has 2 aliphatic heterocycles. The molecule has 4 N–H and O–H groups in total. The van der Waals surface area contributed by atoms with Gasteiger partial charge in [-0.3, -0.25) is 19.8 Å². The number of allylic oxidation sites excluding steroid dienone is 1. The highest BCUT2D eigenvalue weighted by Crippen LogP contribution is 2.36. The van der Waals surface area contributed by atoms with Crippen molar-refractivity contribution in [3.05, 3.63) is 120 Å². The Bertz CT molecular complexity index is 1930. The van der Waals surface area contributed by atoms with Gasteiger partial charge in [-0.25, -0.2) is 14.6 Å². The van der Waals surface area contributed by atoms with Crippen LogP contribution in [0, 0.1) is 11.8 Å². The maximum atomic E-state index is 13.2. The number of piperidine rings is 1. The largest absolute Gasteiger partial charge is 0.494 e. The second-order valence-electron chi connectivity index (χ2n) is 13.7. The lowest BCUT2D eigenvalue weighted by atomic mass is 9.78. The van der Waals surface area contributed by atoms with E-state index in [0.29, 0.717) is 38.5 Å². The zero-order valence-corrected chi connectivity index (χ0v) is 29.1. The molecule has 2 amide bonds. The molecule has 270 valence electrons. The maximum absolute atomic E-state index is 13.2. The number of hydrogen-bond acceptors (Lipinski definition) is 11. The van der Waals surface area contributed by atoms with E-state index < -0.39 is 30.3 Å². The third-order valence-electron chi connectivity index (χ3n) is 9.94. The van der Waals surface area contributed by atoms with Crippen molar-refractivity contribution in [1.29, 1.82) is 0 Å². The number of hydrogen-bond donors (Lipinski definition) is 4. The molecule has 13 heteroatoms. The number of carbonyl (C=O) groups is 2. The van der Waals surface area contributed by atoms with E-state index in [0.717, 1.165) is 40.4 Å². The molecule has 2 aromatic heterocycles. The molecule has 5 atom stereocenters. The Labute approximate surface area is 302 Å². The summed E-state index contributed by atoms with van der Waals surface area (Å²) in [6.07, 6.45) is 9.97. The van der Waals surface area contributed by atoms with Gasteiger partial charge in [-0.1, -0.05) is 44.2 Å². The number of nitrogens with one attached hydrogen (secondary N) is 2. The number of amides is 2. The van der Waals surface area contributed by atoms with Gasteiger partial charge in [0.25, 0.3) is 5.95 Å². The smallest absolute Gasteiger partial charge is 0.250 e. The lowest BCUT2D eigenvalue weighted by molar-refractivity contribution is -0.149. The van der Waals surface area contributed by atoms with E-state index in [1.807, 2.05) is 42.5 Å². The fraction of sp³-hybridized carbons (Fsp3) is 0.359. The molecule has 52 heavy (non-hydrogen) atoms. The molecule has 0 radical (unpaired) electrons. The van der Waals surface area contributed by atoms with Crippen LogP contribution in [0.25, 0.3) is 5.95 Å². The van der Waals surface area contributed by atoms with Gasteiger partial charge in [0.1, 0.15) is 30.6 Å². The first-order chi connectivity index (χ1) is 25.2. The second kappa shape index (κ2) is 15.1. The molecule has 13 nitrogen and oxygen atoms in total. The molecule has 3 aliphatic rings. The molecular weight excluding hydrogens is 662 g/mol. The van der Waals surface area contributed by atoms with Crippen molar-refractivity contribution in [3.63, 3.8) is 0 Å². The van der Waals surface area contributed by atoms with E-state index in [1.54, 1.807) is 35.4 Å². The Hall–Kier alpha value is -5.37. The number of nitrogens with zero attached hydrogens (tertiary/aromatic N) is 5. The van der Waals surface area contributed by atoms with E-state index >= 15 is 0 Å². The number of carbonyl (C=O) groups excluding carboxylic acids is 2. The van der Waals surface area contributed by atoms with Gasteiger partial charge in [0.2, 0.25) is 11.8 Å². The Balaban J connectivity index is 0.859. The minimum absolute atomic E-state index is 0.246. The lowest BCUT2D eigenvalue weighted by Gasteiger charge is -2.36. The third kappa shape index (κ3) is 7.47. The van der Waals surface area contributed by atoms with Gasteiger partial charge in [-0.15, -0.1) is 0 Å². The molecule has 1 aliphatic carbocycles. The quantitative estimate of drug-likeness (QED) is 0.119.